The first kappa shape index (κ1) is 14.0. The van der Waals surface area contributed by atoms with Crippen LogP contribution in [0.25, 0.3) is 0 Å². The molecule has 1 aromatic rings. The first-order chi connectivity index (χ1) is 9.72. The molecule has 0 bridgehead atoms. The van der Waals surface area contributed by atoms with E-state index in [0.29, 0.717) is 6.42 Å². The van der Waals surface area contributed by atoms with Crippen LogP contribution in [0.1, 0.15) is 44.1 Å². The second-order valence-corrected chi connectivity index (χ2v) is 6.30. The van der Waals surface area contributed by atoms with Gasteiger partial charge in [-0.15, -0.1) is 0 Å². The van der Waals surface area contributed by atoms with Crippen LogP contribution in [0.2, 0.25) is 0 Å². The van der Waals surface area contributed by atoms with E-state index in [-0.39, 0.29) is 5.54 Å². The summed E-state index contributed by atoms with van der Waals surface area (Å²) in [5.74, 6) is -0.425. The molecule has 0 aromatic heterocycles. The Bertz CT molecular complexity index is 426. The van der Waals surface area contributed by atoms with Crippen molar-refractivity contribution in [1.29, 1.82) is 0 Å². The topological polar surface area (TPSA) is 3.24 Å². The first-order valence-corrected chi connectivity index (χ1v) is 7.79. The summed E-state index contributed by atoms with van der Waals surface area (Å²) in [5.41, 5.74) is 1.01. The van der Waals surface area contributed by atoms with E-state index >= 15 is 0 Å². The summed E-state index contributed by atoms with van der Waals surface area (Å²) in [6, 6.07) is 10.3. The highest BCUT2D eigenvalue weighted by Gasteiger charge is 2.52. The fourth-order valence-electron chi connectivity index (χ4n) is 4.27. The Balaban J connectivity index is 1.82. The fraction of sp³-hybridized carbons (Fsp3) is 0.647. The second-order valence-electron chi connectivity index (χ2n) is 6.30. The van der Waals surface area contributed by atoms with Crippen molar-refractivity contribution in [1.82, 2.24) is 4.90 Å². The van der Waals surface area contributed by atoms with Crippen LogP contribution in [-0.2, 0) is 6.54 Å². The number of rotatable bonds is 3. The van der Waals surface area contributed by atoms with E-state index in [4.69, 9.17) is 0 Å². The number of benzene rings is 1. The average Bonchev–Trinajstić information content (AvgIpc) is 2.79. The van der Waals surface area contributed by atoms with Crippen molar-refractivity contribution in [2.24, 2.45) is 5.92 Å². The van der Waals surface area contributed by atoms with Crippen LogP contribution in [0.3, 0.4) is 0 Å². The van der Waals surface area contributed by atoms with E-state index in [1.165, 1.54) is 12.0 Å². The highest BCUT2D eigenvalue weighted by atomic mass is 19.3. The van der Waals surface area contributed by atoms with Crippen LogP contribution in [0, 0.1) is 5.92 Å². The summed E-state index contributed by atoms with van der Waals surface area (Å²) >= 11 is 0. The summed E-state index contributed by atoms with van der Waals surface area (Å²) in [5, 5.41) is 0. The van der Waals surface area contributed by atoms with Gasteiger partial charge in [0.25, 0.3) is 0 Å². The molecule has 1 saturated heterocycles. The van der Waals surface area contributed by atoms with Crippen molar-refractivity contribution in [3.05, 3.63) is 35.9 Å². The molecule has 1 spiro atoms. The molecule has 1 aliphatic heterocycles. The highest BCUT2D eigenvalue weighted by Crippen LogP contribution is 2.48. The van der Waals surface area contributed by atoms with Crippen molar-refractivity contribution < 1.29 is 8.78 Å². The Morgan fingerprint density at radius 2 is 1.80 bits per heavy atom. The van der Waals surface area contributed by atoms with Gasteiger partial charge in [0.2, 0.25) is 6.43 Å². The second kappa shape index (κ2) is 5.80. The molecule has 0 radical (unpaired) electrons. The first-order valence-electron chi connectivity index (χ1n) is 7.79. The molecule has 1 aliphatic carbocycles. The van der Waals surface area contributed by atoms with E-state index in [0.717, 1.165) is 38.8 Å². The fourth-order valence-corrected chi connectivity index (χ4v) is 4.27. The molecule has 1 atom stereocenters. The highest BCUT2D eigenvalue weighted by molar-refractivity contribution is 5.16. The molecule has 1 saturated carbocycles. The summed E-state index contributed by atoms with van der Waals surface area (Å²) in [6.07, 6.45) is 3.81. The number of nitrogens with zero attached hydrogens (tertiary/aromatic N) is 1. The molecule has 2 fully saturated rings. The molecule has 2 aliphatic rings. The molecule has 3 rings (SSSR count). The molecule has 110 valence electrons. The maximum absolute atomic E-state index is 13.5. The Morgan fingerprint density at radius 3 is 2.45 bits per heavy atom. The van der Waals surface area contributed by atoms with E-state index < -0.39 is 12.3 Å². The third kappa shape index (κ3) is 2.48. The number of likely N-dealkylation sites (tertiary alicyclic amines) is 1. The van der Waals surface area contributed by atoms with E-state index in [1.54, 1.807) is 0 Å². The van der Waals surface area contributed by atoms with Gasteiger partial charge < -0.3 is 0 Å². The monoisotopic (exact) mass is 279 g/mol. The van der Waals surface area contributed by atoms with Crippen LogP contribution in [0.15, 0.2) is 30.3 Å². The third-order valence-corrected chi connectivity index (χ3v) is 5.27. The van der Waals surface area contributed by atoms with E-state index in [9.17, 15) is 8.78 Å². The Hall–Kier alpha value is -0.960. The zero-order chi connectivity index (χ0) is 14.0. The van der Waals surface area contributed by atoms with Crippen molar-refractivity contribution >= 4 is 0 Å². The molecule has 1 heterocycles. The summed E-state index contributed by atoms with van der Waals surface area (Å²) in [6.45, 7) is 1.65. The van der Waals surface area contributed by atoms with Crippen molar-refractivity contribution in [3.8, 4) is 0 Å². The van der Waals surface area contributed by atoms with Crippen LogP contribution >= 0.6 is 0 Å². The predicted octanol–water partition coefficient (Wildman–Crippen LogP) is 4.48. The molecule has 3 heteroatoms. The molecular weight excluding hydrogens is 256 g/mol. The SMILES string of the molecule is FC(F)[C@H]1CCN(Cc2ccccc2)C12CCCCC2. The van der Waals surface area contributed by atoms with Crippen LogP contribution in [0.5, 0.6) is 0 Å². The number of halogens is 2. The van der Waals surface area contributed by atoms with Gasteiger partial charge in [-0.3, -0.25) is 4.90 Å². The van der Waals surface area contributed by atoms with E-state index in [2.05, 4.69) is 17.0 Å². The summed E-state index contributed by atoms with van der Waals surface area (Å²) in [4.78, 5) is 2.36. The van der Waals surface area contributed by atoms with Gasteiger partial charge >= 0.3 is 0 Å². The Labute approximate surface area is 120 Å². The Morgan fingerprint density at radius 1 is 1.10 bits per heavy atom. The Kier molecular flexibility index (Phi) is 4.06. The zero-order valence-electron chi connectivity index (χ0n) is 11.9. The van der Waals surface area contributed by atoms with E-state index in [1.807, 2.05) is 18.2 Å². The van der Waals surface area contributed by atoms with Gasteiger partial charge in [0.15, 0.2) is 0 Å². The largest absolute Gasteiger partial charge is 0.293 e. The van der Waals surface area contributed by atoms with Crippen molar-refractivity contribution in [3.63, 3.8) is 0 Å². The predicted molar refractivity (Wildman–Crippen MR) is 76.8 cm³/mol. The van der Waals surface area contributed by atoms with Gasteiger partial charge in [0, 0.05) is 18.0 Å². The third-order valence-electron chi connectivity index (χ3n) is 5.27. The van der Waals surface area contributed by atoms with Gasteiger partial charge in [0.05, 0.1) is 0 Å². The maximum atomic E-state index is 13.5. The lowest BCUT2D eigenvalue weighted by Gasteiger charge is -2.45. The molecule has 0 unspecified atom stereocenters. The van der Waals surface area contributed by atoms with Crippen molar-refractivity contribution in [2.75, 3.05) is 6.54 Å². The van der Waals surface area contributed by atoms with Gasteiger partial charge in [0.1, 0.15) is 0 Å². The minimum absolute atomic E-state index is 0.234. The summed E-state index contributed by atoms with van der Waals surface area (Å²) < 4.78 is 26.9. The van der Waals surface area contributed by atoms with Crippen LogP contribution in [0.4, 0.5) is 8.78 Å². The van der Waals surface area contributed by atoms with Gasteiger partial charge in [-0.05, 0) is 31.4 Å². The number of alkyl halides is 2. The normalized spacial score (nSPS) is 26.4. The van der Waals surface area contributed by atoms with Crippen molar-refractivity contribution in [2.45, 2.75) is 57.0 Å². The smallest absolute Gasteiger partial charge is 0.243 e. The average molecular weight is 279 g/mol. The maximum Gasteiger partial charge on any atom is 0.243 e. The molecule has 0 amide bonds. The van der Waals surface area contributed by atoms with Crippen LogP contribution in [-0.4, -0.2) is 23.4 Å². The number of hydrogen-bond donors (Lipinski definition) is 0. The quantitative estimate of drug-likeness (QED) is 0.788. The standard InChI is InChI=1S/C17H23F2N/c18-16(19)15-9-12-20(13-14-7-3-1-4-8-14)17(15)10-5-2-6-11-17/h1,3-4,7-8,15-16H,2,5-6,9-13H2/t15-/m1/s1. The number of hydrogen-bond acceptors (Lipinski definition) is 1. The molecule has 0 N–H and O–H groups in total. The zero-order valence-corrected chi connectivity index (χ0v) is 11.9. The lowest BCUT2D eigenvalue weighted by Crippen LogP contribution is -2.50. The minimum atomic E-state index is -2.17. The molecular formula is C17H23F2N. The molecule has 1 nitrogen and oxygen atoms in total. The van der Waals surface area contributed by atoms with Gasteiger partial charge in [-0.25, -0.2) is 8.78 Å². The van der Waals surface area contributed by atoms with Gasteiger partial charge in [-0.1, -0.05) is 49.6 Å². The minimum Gasteiger partial charge on any atom is -0.293 e. The summed E-state index contributed by atoms with van der Waals surface area (Å²) in [7, 11) is 0. The molecule has 20 heavy (non-hydrogen) atoms. The van der Waals surface area contributed by atoms with Gasteiger partial charge in [-0.2, -0.15) is 0 Å². The lowest BCUT2D eigenvalue weighted by molar-refractivity contribution is -0.0239. The molecule has 1 aromatic carbocycles. The lowest BCUT2D eigenvalue weighted by atomic mass is 9.73. The van der Waals surface area contributed by atoms with Crippen LogP contribution < -0.4 is 0 Å².